The first-order chi connectivity index (χ1) is 13.3. The maximum absolute atomic E-state index is 12.9. The van der Waals surface area contributed by atoms with E-state index in [0.29, 0.717) is 0 Å². The molecule has 1 aromatic heterocycles. The molecule has 1 fully saturated rings. The Kier molecular flexibility index (Phi) is 5.38. The second-order valence-electron chi connectivity index (χ2n) is 7.55. The van der Waals surface area contributed by atoms with Crippen molar-refractivity contribution < 1.29 is 4.79 Å². The zero-order valence-corrected chi connectivity index (χ0v) is 16.7. The van der Waals surface area contributed by atoms with E-state index in [9.17, 15) is 4.79 Å². The van der Waals surface area contributed by atoms with E-state index in [1.807, 2.05) is 40.0 Å². The smallest absolute Gasteiger partial charge is 0.254 e. The Hall–Kier alpha value is -2.37. The van der Waals surface area contributed by atoms with Gasteiger partial charge in [-0.2, -0.15) is 5.10 Å². The zero-order valence-electron chi connectivity index (χ0n) is 15.9. The van der Waals surface area contributed by atoms with Gasteiger partial charge in [-0.15, -0.1) is 12.4 Å². The largest absolute Gasteiger partial charge is 0.337 e. The molecular weight excluding hydrogens is 372 g/mol. The Labute approximate surface area is 171 Å². The van der Waals surface area contributed by atoms with E-state index in [2.05, 4.69) is 28.2 Å². The van der Waals surface area contributed by atoms with Gasteiger partial charge in [0.05, 0.1) is 17.4 Å². The molecule has 1 saturated heterocycles. The summed E-state index contributed by atoms with van der Waals surface area (Å²) in [4.78, 5) is 17.4. The molecule has 3 aromatic rings. The average Bonchev–Trinajstić information content (AvgIpc) is 3.37. The number of carbonyl (C=O) groups excluding carboxylic acids is 1. The van der Waals surface area contributed by atoms with Crippen LogP contribution in [0.5, 0.6) is 0 Å². The number of para-hydroxylation sites is 1. The molecule has 5 rings (SSSR count). The number of benzene rings is 2. The van der Waals surface area contributed by atoms with E-state index < -0.39 is 0 Å². The predicted octanol–water partition coefficient (Wildman–Crippen LogP) is 3.54. The number of nitrogens with zero attached hydrogens (tertiary/aromatic N) is 4. The van der Waals surface area contributed by atoms with Crippen LogP contribution in [0.15, 0.2) is 48.7 Å². The van der Waals surface area contributed by atoms with Gasteiger partial charge in [-0.25, -0.2) is 4.68 Å². The number of likely N-dealkylation sites (tertiary alicyclic amines) is 1. The van der Waals surface area contributed by atoms with Crippen molar-refractivity contribution >= 4 is 29.2 Å². The highest BCUT2D eigenvalue weighted by atomic mass is 35.5. The van der Waals surface area contributed by atoms with Crippen molar-refractivity contribution in [3.8, 4) is 5.69 Å². The van der Waals surface area contributed by atoms with Gasteiger partial charge in [-0.1, -0.05) is 18.2 Å². The van der Waals surface area contributed by atoms with Crippen molar-refractivity contribution in [2.24, 2.45) is 0 Å². The van der Waals surface area contributed by atoms with Crippen LogP contribution in [0.25, 0.3) is 16.6 Å². The molecule has 0 unspecified atom stereocenters. The van der Waals surface area contributed by atoms with Gasteiger partial charge in [0.1, 0.15) is 0 Å². The van der Waals surface area contributed by atoms with Gasteiger partial charge >= 0.3 is 0 Å². The summed E-state index contributed by atoms with van der Waals surface area (Å²) in [6.07, 6.45) is 5.39. The molecule has 0 radical (unpaired) electrons. The van der Waals surface area contributed by atoms with Gasteiger partial charge in [-0.3, -0.25) is 4.79 Å². The molecular formula is C22H25ClN4O. The Morgan fingerprint density at radius 3 is 2.64 bits per heavy atom. The molecule has 146 valence electrons. The van der Waals surface area contributed by atoms with Crippen molar-refractivity contribution in [1.29, 1.82) is 0 Å². The highest BCUT2D eigenvalue weighted by Gasteiger charge is 2.25. The maximum atomic E-state index is 12.9. The van der Waals surface area contributed by atoms with Crippen molar-refractivity contribution in [3.05, 3.63) is 59.8 Å². The van der Waals surface area contributed by atoms with Gasteiger partial charge in [0.2, 0.25) is 0 Å². The van der Waals surface area contributed by atoms with Crippen LogP contribution in [0, 0.1) is 0 Å². The molecule has 0 saturated carbocycles. The molecule has 2 aliphatic rings. The number of hydrogen-bond acceptors (Lipinski definition) is 3. The third-order valence-electron chi connectivity index (χ3n) is 5.86. The quantitative estimate of drug-likeness (QED) is 0.677. The molecule has 2 aliphatic heterocycles. The average molecular weight is 397 g/mol. The number of hydrogen-bond donors (Lipinski definition) is 0. The first-order valence-corrected chi connectivity index (χ1v) is 9.87. The zero-order chi connectivity index (χ0) is 18.2. The molecule has 3 heterocycles. The van der Waals surface area contributed by atoms with Gasteiger partial charge in [0, 0.05) is 30.6 Å². The van der Waals surface area contributed by atoms with Crippen LogP contribution in [-0.4, -0.2) is 58.2 Å². The Morgan fingerprint density at radius 2 is 1.79 bits per heavy atom. The second kappa shape index (κ2) is 7.94. The number of aromatic nitrogens is 2. The van der Waals surface area contributed by atoms with Crippen LogP contribution in [0.2, 0.25) is 0 Å². The van der Waals surface area contributed by atoms with E-state index in [1.54, 1.807) is 0 Å². The fourth-order valence-electron chi connectivity index (χ4n) is 4.31. The minimum Gasteiger partial charge on any atom is -0.337 e. The molecule has 0 bridgehead atoms. The van der Waals surface area contributed by atoms with Crippen LogP contribution >= 0.6 is 12.4 Å². The van der Waals surface area contributed by atoms with Crippen LogP contribution < -0.4 is 0 Å². The molecule has 0 aliphatic carbocycles. The molecule has 5 nitrogen and oxygen atoms in total. The van der Waals surface area contributed by atoms with Gasteiger partial charge < -0.3 is 9.80 Å². The number of carbonyl (C=O) groups is 1. The van der Waals surface area contributed by atoms with Gasteiger partial charge in [0.15, 0.2) is 0 Å². The topological polar surface area (TPSA) is 41.4 Å². The summed E-state index contributed by atoms with van der Waals surface area (Å²) in [5.74, 6) is 0.173. The van der Waals surface area contributed by atoms with Crippen molar-refractivity contribution in [2.75, 3.05) is 32.7 Å². The van der Waals surface area contributed by atoms with Crippen LogP contribution in [0.4, 0.5) is 0 Å². The number of halogens is 1. The Balaban J connectivity index is 0.00000192. The summed E-state index contributed by atoms with van der Waals surface area (Å²) in [7, 11) is 0. The standard InChI is InChI=1S/C22H24N4O.ClH/c27-22-20-8-7-19(26-21-6-2-1-5-18(21)16-23-26)15-17(20)9-12-25(22)14-13-24-10-3-4-11-24;/h1-2,5-8,15-16H,3-4,9-14H2;1H. The van der Waals surface area contributed by atoms with E-state index in [-0.39, 0.29) is 18.3 Å². The summed E-state index contributed by atoms with van der Waals surface area (Å²) < 4.78 is 1.96. The highest BCUT2D eigenvalue weighted by Crippen LogP contribution is 2.24. The normalized spacial score (nSPS) is 17.0. The summed E-state index contributed by atoms with van der Waals surface area (Å²) in [6.45, 7) is 5.00. The minimum absolute atomic E-state index is 0. The number of amides is 1. The molecule has 6 heteroatoms. The molecule has 0 spiro atoms. The van der Waals surface area contributed by atoms with Crippen molar-refractivity contribution in [2.45, 2.75) is 19.3 Å². The number of rotatable bonds is 4. The third kappa shape index (κ3) is 3.40. The Morgan fingerprint density at radius 1 is 0.964 bits per heavy atom. The number of fused-ring (bicyclic) bond motifs is 2. The minimum atomic E-state index is 0. The van der Waals surface area contributed by atoms with E-state index in [4.69, 9.17) is 0 Å². The summed E-state index contributed by atoms with van der Waals surface area (Å²) in [6, 6.07) is 14.3. The lowest BCUT2D eigenvalue weighted by Crippen LogP contribution is -2.42. The first-order valence-electron chi connectivity index (χ1n) is 9.87. The SMILES string of the molecule is Cl.O=C1c2ccc(-n3ncc4ccccc43)cc2CCN1CCN1CCCC1. The fourth-order valence-corrected chi connectivity index (χ4v) is 4.31. The molecule has 28 heavy (non-hydrogen) atoms. The summed E-state index contributed by atoms with van der Waals surface area (Å²) in [5.41, 5.74) is 4.09. The fraction of sp³-hybridized carbons (Fsp3) is 0.364. The van der Waals surface area contributed by atoms with Gasteiger partial charge in [-0.05, 0) is 62.2 Å². The lowest BCUT2D eigenvalue weighted by Gasteiger charge is -2.30. The monoisotopic (exact) mass is 396 g/mol. The van der Waals surface area contributed by atoms with E-state index in [0.717, 1.165) is 53.8 Å². The third-order valence-corrected chi connectivity index (χ3v) is 5.86. The van der Waals surface area contributed by atoms with Gasteiger partial charge in [0.25, 0.3) is 5.91 Å². The first kappa shape index (κ1) is 19.0. The summed E-state index contributed by atoms with van der Waals surface area (Å²) >= 11 is 0. The highest BCUT2D eigenvalue weighted by molar-refractivity contribution is 5.97. The maximum Gasteiger partial charge on any atom is 0.254 e. The Bertz CT molecular complexity index is 993. The second-order valence-corrected chi connectivity index (χ2v) is 7.55. The molecule has 0 N–H and O–H groups in total. The molecule has 1 amide bonds. The molecule has 0 atom stereocenters. The molecule has 2 aromatic carbocycles. The van der Waals surface area contributed by atoms with Crippen molar-refractivity contribution in [1.82, 2.24) is 19.6 Å². The van der Waals surface area contributed by atoms with Crippen LogP contribution in [0.3, 0.4) is 0 Å². The summed E-state index contributed by atoms with van der Waals surface area (Å²) in [5, 5.41) is 5.66. The van der Waals surface area contributed by atoms with E-state index in [1.165, 1.54) is 25.9 Å². The van der Waals surface area contributed by atoms with E-state index >= 15 is 0 Å². The lowest BCUT2D eigenvalue weighted by atomic mass is 9.98. The lowest BCUT2D eigenvalue weighted by molar-refractivity contribution is 0.0724. The van der Waals surface area contributed by atoms with Crippen LogP contribution in [-0.2, 0) is 6.42 Å². The van der Waals surface area contributed by atoms with Crippen LogP contribution in [0.1, 0.15) is 28.8 Å². The predicted molar refractivity (Wildman–Crippen MR) is 114 cm³/mol. The van der Waals surface area contributed by atoms with Crippen molar-refractivity contribution in [3.63, 3.8) is 0 Å².